The van der Waals surface area contributed by atoms with E-state index in [1.54, 1.807) is 5.32 Å². The number of rotatable bonds is 1. The number of hydrogen-bond acceptors (Lipinski definition) is 1. The highest BCUT2D eigenvalue weighted by atomic mass is 19.4. The van der Waals surface area contributed by atoms with E-state index in [0.717, 1.165) is 12.1 Å². The monoisotopic (exact) mass is 204 g/mol. The average Bonchev–Trinajstić information content (AvgIpc) is 2.01. The van der Waals surface area contributed by atoms with Crippen molar-refractivity contribution in [3.05, 3.63) is 29.8 Å². The summed E-state index contributed by atoms with van der Waals surface area (Å²) < 4.78 is 36.3. The highest BCUT2D eigenvalue weighted by molar-refractivity contribution is 5.82. The second-order valence-corrected chi connectivity index (χ2v) is 2.49. The first kappa shape index (κ1) is 10.4. The lowest BCUT2D eigenvalue weighted by molar-refractivity contribution is -0.137. The maximum absolute atomic E-state index is 12.1. The molecule has 3 nitrogen and oxygen atoms in total. The molecular formula is C8H5F3NO2. The highest BCUT2D eigenvalue weighted by Crippen LogP contribution is 2.30. The molecule has 0 atom stereocenters. The molecule has 1 N–H and O–H groups in total. The average molecular weight is 204 g/mol. The minimum Gasteiger partial charge on any atom is -0.288 e. The van der Waals surface area contributed by atoms with Crippen LogP contribution in [0.3, 0.4) is 0 Å². The number of carbonyl (C=O) groups is 1. The quantitative estimate of drug-likeness (QED) is 0.751. The van der Waals surface area contributed by atoms with Gasteiger partial charge in [-0.1, -0.05) is 6.07 Å². The van der Waals surface area contributed by atoms with Gasteiger partial charge in [-0.05, 0) is 18.2 Å². The fourth-order valence-electron chi connectivity index (χ4n) is 0.891. The number of carbonyl (C=O) groups excluding carboxylic acids is 1. The van der Waals surface area contributed by atoms with Crippen LogP contribution in [0.15, 0.2) is 24.3 Å². The van der Waals surface area contributed by atoms with Gasteiger partial charge in [0.05, 0.1) is 5.56 Å². The van der Waals surface area contributed by atoms with Crippen LogP contribution in [-0.2, 0) is 11.3 Å². The minimum atomic E-state index is -4.48. The lowest BCUT2D eigenvalue weighted by atomic mass is 10.2. The van der Waals surface area contributed by atoms with Crippen molar-refractivity contribution in [3.8, 4) is 0 Å². The van der Waals surface area contributed by atoms with Crippen molar-refractivity contribution in [3.63, 3.8) is 0 Å². The number of alkyl halides is 3. The van der Waals surface area contributed by atoms with Gasteiger partial charge in [0.15, 0.2) is 0 Å². The summed E-state index contributed by atoms with van der Waals surface area (Å²) in [4.78, 5) is 10.0. The van der Waals surface area contributed by atoms with Gasteiger partial charge in [0.25, 0.3) is 0 Å². The molecule has 0 fully saturated rings. The van der Waals surface area contributed by atoms with Crippen molar-refractivity contribution in [1.82, 2.24) is 0 Å². The van der Waals surface area contributed by atoms with Gasteiger partial charge in [0, 0.05) is 5.69 Å². The Bertz CT molecular complexity index is 349. The van der Waals surface area contributed by atoms with E-state index in [0.29, 0.717) is 6.07 Å². The number of anilines is 1. The topological polar surface area (TPSA) is 49.0 Å². The zero-order valence-corrected chi connectivity index (χ0v) is 6.76. The Hall–Kier alpha value is -1.72. The lowest BCUT2D eigenvalue weighted by Crippen LogP contribution is -2.09. The lowest BCUT2D eigenvalue weighted by Gasteiger charge is -2.07. The summed E-state index contributed by atoms with van der Waals surface area (Å²) >= 11 is 0. The van der Waals surface area contributed by atoms with Crippen molar-refractivity contribution in [2.75, 3.05) is 5.32 Å². The van der Waals surface area contributed by atoms with Crippen LogP contribution in [0, 0.1) is 0 Å². The molecule has 1 aromatic carbocycles. The molecule has 14 heavy (non-hydrogen) atoms. The van der Waals surface area contributed by atoms with Crippen molar-refractivity contribution in [2.24, 2.45) is 0 Å². The van der Waals surface area contributed by atoms with E-state index in [2.05, 4.69) is 0 Å². The largest absolute Gasteiger partial charge is 0.454 e. The van der Waals surface area contributed by atoms with E-state index in [1.807, 2.05) is 0 Å². The van der Waals surface area contributed by atoms with Crippen molar-refractivity contribution < 1.29 is 23.1 Å². The maximum atomic E-state index is 12.1. The van der Waals surface area contributed by atoms with E-state index >= 15 is 0 Å². The van der Waals surface area contributed by atoms with Crippen LogP contribution in [0.4, 0.5) is 23.7 Å². The molecule has 1 radical (unpaired) electrons. The predicted octanol–water partition coefficient (Wildman–Crippen LogP) is 2.67. The van der Waals surface area contributed by atoms with Crippen molar-refractivity contribution in [1.29, 1.82) is 0 Å². The Labute approximate surface area is 77.2 Å². The summed E-state index contributed by atoms with van der Waals surface area (Å²) in [6, 6.07) is 3.84. The molecule has 6 heteroatoms. The number of halogens is 3. The maximum Gasteiger partial charge on any atom is 0.454 e. The van der Waals surface area contributed by atoms with Crippen LogP contribution in [0.25, 0.3) is 0 Å². The van der Waals surface area contributed by atoms with Gasteiger partial charge >= 0.3 is 12.3 Å². The van der Waals surface area contributed by atoms with Crippen LogP contribution in [-0.4, -0.2) is 6.09 Å². The zero-order chi connectivity index (χ0) is 10.8. The second kappa shape index (κ2) is 3.57. The Balaban J connectivity index is 2.95. The van der Waals surface area contributed by atoms with E-state index in [1.165, 1.54) is 6.07 Å². The first-order valence-electron chi connectivity index (χ1n) is 3.55. The number of hydrogen-bond donors (Lipinski definition) is 1. The van der Waals surface area contributed by atoms with E-state index in [-0.39, 0.29) is 5.69 Å². The number of benzene rings is 1. The third-order valence-electron chi connectivity index (χ3n) is 1.44. The molecule has 1 rings (SSSR count). The molecule has 1 aromatic rings. The van der Waals surface area contributed by atoms with Gasteiger partial charge in [-0.2, -0.15) is 13.2 Å². The Morgan fingerprint density at radius 3 is 2.43 bits per heavy atom. The van der Waals surface area contributed by atoms with Gasteiger partial charge in [-0.3, -0.25) is 5.32 Å². The van der Waals surface area contributed by atoms with Crippen LogP contribution in [0.2, 0.25) is 0 Å². The standard InChI is InChI=1S/C8H5F3NO2/c9-8(10,11)5-2-1-3-6(4-5)12-7(13)14/h1-4,12H. The molecule has 0 saturated carbocycles. The Kier molecular flexibility index (Phi) is 2.64. The molecule has 0 saturated heterocycles. The molecule has 75 valence electrons. The summed E-state index contributed by atoms with van der Waals surface area (Å²) in [5, 5.41) is 11.7. The van der Waals surface area contributed by atoms with E-state index in [9.17, 15) is 23.1 Å². The van der Waals surface area contributed by atoms with Crippen LogP contribution >= 0.6 is 0 Å². The first-order chi connectivity index (χ1) is 6.39. The summed E-state index contributed by atoms with van der Waals surface area (Å²) in [6.45, 7) is 0. The summed E-state index contributed by atoms with van der Waals surface area (Å²) in [7, 11) is 0. The van der Waals surface area contributed by atoms with Crippen LogP contribution in [0.5, 0.6) is 0 Å². The fourth-order valence-corrected chi connectivity index (χ4v) is 0.891. The molecule has 0 bridgehead atoms. The normalized spacial score (nSPS) is 11.1. The Morgan fingerprint density at radius 2 is 1.93 bits per heavy atom. The summed E-state index contributed by atoms with van der Waals surface area (Å²) in [5.74, 6) is 0. The SMILES string of the molecule is [O]C(=O)Nc1cccc(C(F)(F)F)c1. The molecule has 0 aromatic heterocycles. The zero-order valence-electron chi connectivity index (χ0n) is 6.76. The van der Waals surface area contributed by atoms with Gasteiger partial charge < -0.3 is 0 Å². The predicted molar refractivity (Wildman–Crippen MR) is 41.1 cm³/mol. The van der Waals surface area contributed by atoms with Crippen LogP contribution < -0.4 is 5.32 Å². The van der Waals surface area contributed by atoms with Crippen molar-refractivity contribution >= 4 is 11.8 Å². The third kappa shape index (κ3) is 2.65. The highest BCUT2D eigenvalue weighted by Gasteiger charge is 2.30. The third-order valence-corrected chi connectivity index (χ3v) is 1.44. The molecule has 0 unspecified atom stereocenters. The number of amides is 1. The van der Waals surface area contributed by atoms with E-state index < -0.39 is 17.8 Å². The fraction of sp³-hybridized carbons (Fsp3) is 0.125. The first-order valence-corrected chi connectivity index (χ1v) is 3.55. The smallest absolute Gasteiger partial charge is 0.288 e. The van der Waals surface area contributed by atoms with Crippen molar-refractivity contribution in [2.45, 2.75) is 6.18 Å². The summed E-state index contributed by atoms with van der Waals surface area (Å²) in [6.07, 6.45) is -6.13. The molecule has 0 aliphatic carbocycles. The molecular weight excluding hydrogens is 199 g/mol. The molecule has 0 aliphatic rings. The molecule has 0 aliphatic heterocycles. The number of nitrogens with one attached hydrogen (secondary N) is 1. The van der Waals surface area contributed by atoms with Gasteiger partial charge in [-0.25, -0.2) is 9.90 Å². The summed E-state index contributed by atoms with van der Waals surface area (Å²) in [5.41, 5.74) is -1.08. The molecule has 0 spiro atoms. The van der Waals surface area contributed by atoms with E-state index in [4.69, 9.17) is 0 Å². The van der Waals surface area contributed by atoms with Gasteiger partial charge in [0.1, 0.15) is 0 Å². The molecule has 0 heterocycles. The Morgan fingerprint density at radius 1 is 1.29 bits per heavy atom. The van der Waals surface area contributed by atoms with Gasteiger partial charge in [-0.15, -0.1) is 0 Å². The van der Waals surface area contributed by atoms with Crippen LogP contribution in [0.1, 0.15) is 5.56 Å². The molecule has 1 amide bonds. The second-order valence-electron chi connectivity index (χ2n) is 2.49. The minimum absolute atomic E-state index is 0.167. The van der Waals surface area contributed by atoms with Gasteiger partial charge in [0.2, 0.25) is 0 Å².